The minimum absolute atomic E-state index is 0.0622. The van der Waals surface area contributed by atoms with E-state index in [4.69, 9.17) is 0 Å². The minimum atomic E-state index is -5.71. The highest BCUT2D eigenvalue weighted by Gasteiger charge is 2.48. The van der Waals surface area contributed by atoms with Crippen LogP contribution in [0.3, 0.4) is 0 Å². The van der Waals surface area contributed by atoms with Crippen molar-refractivity contribution in [2.24, 2.45) is 0 Å². The Morgan fingerprint density at radius 2 is 1.78 bits per heavy atom. The van der Waals surface area contributed by atoms with Crippen LogP contribution >= 0.6 is 0 Å². The molecule has 2 rings (SSSR count). The van der Waals surface area contributed by atoms with Crippen molar-refractivity contribution < 1.29 is 25.8 Å². The zero-order valence-electron chi connectivity index (χ0n) is 8.55. The molecular formula is C9H5F3N2O3S. The molecule has 0 aliphatic carbocycles. The zero-order valence-corrected chi connectivity index (χ0v) is 9.36. The average molecular weight is 278 g/mol. The Kier molecular flexibility index (Phi) is 2.85. The fourth-order valence-electron chi connectivity index (χ4n) is 1.20. The molecule has 0 radical (unpaired) electrons. The van der Waals surface area contributed by atoms with Crippen molar-refractivity contribution >= 4 is 21.2 Å². The molecule has 2 aromatic rings. The summed E-state index contributed by atoms with van der Waals surface area (Å²) in [7, 11) is -5.71. The maximum absolute atomic E-state index is 12.2. The van der Waals surface area contributed by atoms with E-state index >= 15 is 0 Å². The third kappa shape index (κ3) is 2.21. The molecule has 0 aliphatic heterocycles. The fraction of sp³-hybridized carbons (Fsp3) is 0.111. The van der Waals surface area contributed by atoms with Crippen molar-refractivity contribution in [2.75, 3.05) is 0 Å². The summed E-state index contributed by atoms with van der Waals surface area (Å²) in [5.41, 5.74) is -5.32. The first-order valence-electron chi connectivity index (χ1n) is 4.52. The third-order valence-corrected chi connectivity index (χ3v) is 2.91. The van der Waals surface area contributed by atoms with Crippen LogP contribution in [0.4, 0.5) is 13.2 Å². The fourth-order valence-corrected chi connectivity index (χ4v) is 1.66. The van der Waals surface area contributed by atoms with Gasteiger partial charge in [-0.1, -0.05) is 6.07 Å². The molecule has 0 unspecified atom stereocenters. The van der Waals surface area contributed by atoms with Gasteiger partial charge in [0.05, 0.1) is 5.52 Å². The van der Waals surface area contributed by atoms with Crippen molar-refractivity contribution in [3.63, 3.8) is 0 Å². The van der Waals surface area contributed by atoms with Crippen LogP contribution in [-0.2, 0) is 10.1 Å². The number of aromatic nitrogens is 2. The molecule has 0 aliphatic rings. The summed E-state index contributed by atoms with van der Waals surface area (Å²) in [4.78, 5) is 7.54. The first-order chi connectivity index (χ1) is 8.31. The van der Waals surface area contributed by atoms with Crippen LogP contribution in [0.1, 0.15) is 0 Å². The van der Waals surface area contributed by atoms with Gasteiger partial charge in [0.25, 0.3) is 0 Å². The molecule has 1 heterocycles. The number of para-hydroxylation sites is 1. The zero-order chi connectivity index (χ0) is 13.4. The van der Waals surface area contributed by atoms with Crippen LogP contribution in [0.2, 0.25) is 0 Å². The van der Waals surface area contributed by atoms with Gasteiger partial charge in [0.1, 0.15) is 5.52 Å². The topological polar surface area (TPSA) is 69.2 Å². The van der Waals surface area contributed by atoms with E-state index in [-0.39, 0.29) is 11.0 Å². The lowest BCUT2D eigenvalue weighted by Crippen LogP contribution is -2.28. The number of halogens is 3. The van der Waals surface area contributed by atoms with E-state index in [0.717, 1.165) is 6.07 Å². The summed E-state index contributed by atoms with van der Waals surface area (Å²) < 4.78 is 62.3. The summed E-state index contributed by atoms with van der Waals surface area (Å²) in [5.74, 6) is -0.516. The molecule has 0 fully saturated rings. The van der Waals surface area contributed by atoms with Crippen LogP contribution in [0.5, 0.6) is 5.75 Å². The Morgan fingerprint density at radius 3 is 2.44 bits per heavy atom. The second kappa shape index (κ2) is 4.09. The van der Waals surface area contributed by atoms with Crippen LogP contribution in [0.15, 0.2) is 30.6 Å². The Labute approximate surface area is 99.4 Å². The molecule has 0 bridgehead atoms. The quantitative estimate of drug-likeness (QED) is 0.619. The van der Waals surface area contributed by atoms with E-state index in [1.54, 1.807) is 0 Å². The number of hydrogen-bond donors (Lipinski definition) is 0. The van der Waals surface area contributed by atoms with Crippen LogP contribution in [0, 0.1) is 0 Å². The van der Waals surface area contributed by atoms with Gasteiger partial charge in [0, 0.05) is 12.4 Å². The number of alkyl halides is 3. The summed E-state index contributed by atoms with van der Waals surface area (Å²) in [5, 5.41) is 0. The molecule has 5 nitrogen and oxygen atoms in total. The van der Waals surface area contributed by atoms with Gasteiger partial charge >= 0.3 is 15.6 Å². The van der Waals surface area contributed by atoms with Gasteiger partial charge in [-0.15, -0.1) is 0 Å². The first-order valence-corrected chi connectivity index (χ1v) is 5.92. The molecule has 0 N–H and O–H groups in total. The van der Waals surface area contributed by atoms with E-state index in [1.165, 1.54) is 24.5 Å². The van der Waals surface area contributed by atoms with Crippen molar-refractivity contribution in [2.45, 2.75) is 5.51 Å². The van der Waals surface area contributed by atoms with Gasteiger partial charge in [-0.3, -0.25) is 4.98 Å². The molecule has 1 aromatic carbocycles. The summed E-state index contributed by atoms with van der Waals surface area (Å²) in [6.07, 6.45) is 2.54. The van der Waals surface area contributed by atoms with Crippen molar-refractivity contribution in [3.8, 4) is 5.75 Å². The van der Waals surface area contributed by atoms with Crippen molar-refractivity contribution in [3.05, 3.63) is 30.6 Å². The number of nitrogens with zero attached hydrogens (tertiary/aromatic N) is 2. The molecule has 0 saturated heterocycles. The predicted molar refractivity (Wildman–Crippen MR) is 55.1 cm³/mol. The van der Waals surface area contributed by atoms with E-state index in [1.807, 2.05) is 0 Å². The van der Waals surface area contributed by atoms with Gasteiger partial charge < -0.3 is 4.18 Å². The summed E-state index contributed by atoms with van der Waals surface area (Å²) in [6, 6.07) is 3.86. The Bertz CT molecular complexity index is 680. The largest absolute Gasteiger partial charge is 0.534 e. The average Bonchev–Trinajstić information content (AvgIpc) is 2.27. The standard InChI is InChI=1S/C9H5F3N2O3S/c10-9(11,12)18(15,16)17-7-3-1-2-6-8(7)14-5-4-13-6/h1-5H. The number of hydrogen-bond acceptors (Lipinski definition) is 5. The van der Waals surface area contributed by atoms with E-state index in [0.29, 0.717) is 0 Å². The predicted octanol–water partition coefficient (Wildman–Crippen LogP) is 1.86. The molecule has 0 saturated carbocycles. The van der Waals surface area contributed by atoms with Crippen LogP contribution in [-0.4, -0.2) is 23.9 Å². The van der Waals surface area contributed by atoms with Gasteiger partial charge in [-0.2, -0.15) is 21.6 Å². The molecule has 0 spiro atoms. The van der Waals surface area contributed by atoms with Crippen LogP contribution in [0.25, 0.3) is 11.0 Å². The van der Waals surface area contributed by atoms with E-state index < -0.39 is 21.4 Å². The number of rotatable bonds is 2. The molecule has 0 amide bonds. The normalized spacial score (nSPS) is 12.6. The Balaban J connectivity index is 2.51. The lowest BCUT2D eigenvalue weighted by molar-refractivity contribution is -0.0499. The minimum Gasteiger partial charge on any atom is -0.374 e. The molecular weight excluding hydrogens is 273 g/mol. The highest BCUT2D eigenvalue weighted by Crippen LogP contribution is 2.29. The highest BCUT2D eigenvalue weighted by molar-refractivity contribution is 7.88. The molecule has 96 valence electrons. The number of benzene rings is 1. The van der Waals surface area contributed by atoms with Crippen molar-refractivity contribution in [1.29, 1.82) is 0 Å². The lowest BCUT2D eigenvalue weighted by Gasteiger charge is -2.10. The van der Waals surface area contributed by atoms with E-state index in [9.17, 15) is 21.6 Å². The van der Waals surface area contributed by atoms with Gasteiger partial charge in [-0.05, 0) is 12.1 Å². The van der Waals surface area contributed by atoms with Crippen LogP contribution < -0.4 is 4.18 Å². The summed E-state index contributed by atoms with van der Waals surface area (Å²) >= 11 is 0. The maximum Gasteiger partial charge on any atom is 0.534 e. The molecule has 1 aromatic heterocycles. The van der Waals surface area contributed by atoms with Gasteiger partial charge in [-0.25, -0.2) is 4.98 Å². The van der Waals surface area contributed by atoms with Gasteiger partial charge in [0.2, 0.25) is 0 Å². The van der Waals surface area contributed by atoms with E-state index in [2.05, 4.69) is 14.2 Å². The second-order valence-corrected chi connectivity index (χ2v) is 4.70. The third-order valence-electron chi connectivity index (χ3n) is 1.94. The van der Waals surface area contributed by atoms with Crippen molar-refractivity contribution in [1.82, 2.24) is 9.97 Å². The highest BCUT2D eigenvalue weighted by atomic mass is 32.2. The number of fused-ring (bicyclic) bond motifs is 1. The second-order valence-electron chi connectivity index (χ2n) is 3.16. The lowest BCUT2D eigenvalue weighted by atomic mass is 10.3. The molecule has 0 atom stereocenters. The maximum atomic E-state index is 12.2. The Morgan fingerprint density at radius 1 is 1.11 bits per heavy atom. The van der Waals surface area contributed by atoms with Gasteiger partial charge in [0.15, 0.2) is 5.75 Å². The monoisotopic (exact) mass is 278 g/mol. The smallest absolute Gasteiger partial charge is 0.374 e. The first kappa shape index (κ1) is 12.6. The summed E-state index contributed by atoms with van der Waals surface area (Å²) in [6.45, 7) is 0. The SMILES string of the molecule is O=S(=O)(Oc1cccc2nccnc12)C(F)(F)F. The Hall–Kier alpha value is -1.90. The molecule has 9 heteroatoms. The molecule has 18 heavy (non-hydrogen) atoms.